The number of nitrogens with zero attached hydrogens (tertiary/aromatic N) is 2. The van der Waals surface area contributed by atoms with Gasteiger partial charge in [0.25, 0.3) is 0 Å². The van der Waals surface area contributed by atoms with Crippen LogP contribution < -0.4 is 10.2 Å². The molecule has 0 bridgehead atoms. The molecule has 0 radical (unpaired) electrons. The molecule has 180 valence electrons. The SMILES string of the molecule is CC[C@@H]1CN(Cc2cc(B3OC(C)(C)C(C)(C)O3)cc3[nH]cnc23)S(=O)(=O)c2ccccc2O1. The van der Waals surface area contributed by atoms with Crippen molar-refractivity contribution >= 4 is 33.6 Å². The van der Waals surface area contributed by atoms with E-state index in [1.165, 1.54) is 4.31 Å². The van der Waals surface area contributed by atoms with Gasteiger partial charge in [0.15, 0.2) is 0 Å². The molecular weight excluding hydrogens is 453 g/mol. The molecule has 0 saturated carbocycles. The summed E-state index contributed by atoms with van der Waals surface area (Å²) in [5, 5.41) is 0. The fourth-order valence-corrected chi connectivity index (χ4v) is 5.95. The molecule has 1 atom stereocenters. The molecule has 5 rings (SSSR count). The van der Waals surface area contributed by atoms with Gasteiger partial charge in [0.1, 0.15) is 16.7 Å². The third-order valence-corrected chi connectivity index (χ3v) is 8.97. The van der Waals surface area contributed by atoms with E-state index in [9.17, 15) is 8.42 Å². The molecule has 1 aromatic heterocycles. The molecule has 0 amide bonds. The Bertz CT molecular complexity index is 1320. The average molecular weight is 483 g/mol. The number of aromatic amines is 1. The monoisotopic (exact) mass is 483 g/mol. The van der Waals surface area contributed by atoms with Crippen molar-refractivity contribution in [3.8, 4) is 5.75 Å². The molecule has 1 saturated heterocycles. The molecule has 2 aromatic carbocycles. The van der Waals surface area contributed by atoms with Gasteiger partial charge in [0.05, 0.1) is 35.1 Å². The molecule has 10 heteroatoms. The maximum Gasteiger partial charge on any atom is 0.494 e. The summed E-state index contributed by atoms with van der Waals surface area (Å²) < 4.78 is 47.3. The largest absolute Gasteiger partial charge is 0.494 e. The number of nitrogens with one attached hydrogen (secondary N) is 1. The lowest BCUT2D eigenvalue weighted by Gasteiger charge is -2.32. The van der Waals surface area contributed by atoms with Crippen LogP contribution in [0.1, 0.15) is 46.6 Å². The second-order valence-electron chi connectivity index (χ2n) is 9.96. The van der Waals surface area contributed by atoms with Crippen LogP contribution in [-0.2, 0) is 25.9 Å². The molecule has 0 aliphatic carbocycles. The van der Waals surface area contributed by atoms with Crippen LogP contribution in [0.2, 0.25) is 0 Å². The van der Waals surface area contributed by atoms with Gasteiger partial charge in [-0.05, 0) is 63.3 Å². The lowest BCUT2D eigenvalue weighted by molar-refractivity contribution is 0.00578. The van der Waals surface area contributed by atoms with Gasteiger partial charge < -0.3 is 19.0 Å². The minimum absolute atomic E-state index is 0.158. The highest BCUT2D eigenvalue weighted by Crippen LogP contribution is 2.37. The second kappa shape index (κ2) is 8.08. The highest BCUT2D eigenvalue weighted by Gasteiger charge is 2.52. The van der Waals surface area contributed by atoms with Gasteiger partial charge in [-0.25, -0.2) is 13.4 Å². The summed E-state index contributed by atoms with van der Waals surface area (Å²) in [5.74, 6) is 0.396. The third-order valence-electron chi connectivity index (χ3n) is 7.12. The predicted molar refractivity (Wildman–Crippen MR) is 131 cm³/mol. The molecule has 3 aromatic rings. The summed E-state index contributed by atoms with van der Waals surface area (Å²) in [5.41, 5.74) is 2.16. The van der Waals surface area contributed by atoms with Crippen molar-refractivity contribution < 1.29 is 22.5 Å². The van der Waals surface area contributed by atoms with Crippen molar-refractivity contribution in [2.45, 2.75) is 69.8 Å². The number of H-pyrrole nitrogens is 1. The van der Waals surface area contributed by atoms with E-state index in [0.717, 1.165) is 22.1 Å². The zero-order valence-electron chi connectivity index (χ0n) is 20.2. The summed E-state index contributed by atoms with van der Waals surface area (Å²) in [6, 6.07) is 10.7. The summed E-state index contributed by atoms with van der Waals surface area (Å²) in [7, 11) is -4.34. The van der Waals surface area contributed by atoms with Gasteiger partial charge in [0, 0.05) is 6.54 Å². The Hall–Kier alpha value is -2.40. The van der Waals surface area contributed by atoms with E-state index in [4.69, 9.17) is 14.0 Å². The predicted octanol–water partition coefficient (Wildman–Crippen LogP) is 3.22. The number of aromatic nitrogens is 2. The number of hydrogen-bond donors (Lipinski definition) is 1. The zero-order chi connectivity index (χ0) is 24.3. The van der Waals surface area contributed by atoms with Crippen LogP contribution >= 0.6 is 0 Å². The molecule has 8 nitrogen and oxygen atoms in total. The fraction of sp³-hybridized carbons (Fsp3) is 0.458. The van der Waals surface area contributed by atoms with Crippen LogP contribution in [0.5, 0.6) is 5.75 Å². The molecular formula is C24H30BN3O5S. The van der Waals surface area contributed by atoms with E-state index >= 15 is 0 Å². The van der Waals surface area contributed by atoms with Crippen LogP contribution in [0.3, 0.4) is 0 Å². The molecule has 34 heavy (non-hydrogen) atoms. The van der Waals surface area contributed by atoms with Crippen molar-refractivity contribution in [2.75, 3.05) is 6.54 Å². The maximum absolute atomic E-state index is 13.6. The first-order valence-corrected chi connectivity index (χ1v) is 13.0. The molecule has 1 N–H and O–H groups in total. The summed E-state index contributed by atoms with van der Waals surface area (Å²) in [6.07, 6.45) is 2.05. The van der Waals surface area contributed by atoms with Crippen LogP contribution in [0, 0.1) is 0 Å². The minimum atomic E-state index is -3.77. The Morgan fingerprint density at radius 3 is 2.56 bits per heavy atom. The number of para-hydroxylation sites is 1. The van der Waals surface area contributed by atoms with Gasteiger partial charge in [-0.3, -0.25) is 0 Å². The van der Waals surface area contributed by atoms with E-state index in [-0.39, 0.29) is 24.1 Å². The van der Waals surface area contributed by atoms with Crippen LogP contribution in [-0.4, -0.2) is 53.7 Å². The normalized spacial score (nSPS) is 23.4. The smallest absolute Gasteiger partial charge is 0.488 e. The Balaban J connectivity index is 1.56. The Kier molecular flexibility index (Phi) is 5.55. The molecule has 0 spiro atoms. The Labute approximate surface area is 200 Å². The second-order valence-corrected chi connectivity index (χ2v) is 11.9. The first-order chi connectivity index (χ1) is 16.0. The number of rotatable bonds is 4. The Morgan fingerprint density at radius 1 is 1.15 bits per heavy atom. The lowest BCUT2D eigenvalue weighted by Crippen LogP contribution is -2.41. The molecule has 1 fully saturated rings. The number of imidazole rings is 1. The van der Waals surface area contributed by atoms with Gasteiger partial charge in [-0.2, -0.15) is 4.31 Å². The highest BCUT2D eigenvalue weighted by atomic mass is 32.2. The van der Waals surface area contributed by atoms with Gasteiger partial charge in [-0.1, -0.05) is 25.1 Å². The van der Waals surface area contributed by atoms with Crippen molar-refractivity contribution in [2.24, 2.45) is 0 Å². The van der Waals surface area contributed by atoms with Crippen molar-refractivity contribution in [3.63, 3.8) is 0 Å². The summed E-state index contributed by atoms with van der Waals surface area (Å²) in [6.45, 7) is 10.4. The van der Waals surface area contributed by atoms with Crippen LogP contribution in [0.4, 0.5) is 0 Å². The lowest BCUT2D eigenvalue weighted by atomic mass is 9.78. The topological polar surface area (TPSA) is 93.8 Å². The van der Waals surface area contributed by atoms with E-state index in [0.29, 0.717) is 12.2 Å². The maximum atomic E-state index is 13.6. The zero-order valence-corrected chi connectivity index (χ0v) is 21.0. The van der Waals surface area contributed by atoms with Gasteiger partial charge in [0.2, 0.25) is 10.0 Å². The van der Waals surface area contributed by atoms with E-state index in [2.05, 4.69) is 9.97 Å². The van der Waals surface area contributed by atoms with E-state index in [1.807, 2.05) is 46.8 Å². The first kappa shape index (κ1) is 23.4. The molecule has 2 aliphatic heterocycles. The number of ether oxygens (including phenoxy) is 1. The molecule has 3 heterocycles. The van der Waals surface area contributed by atoms with E-state index < -0.39 is 28.3 Å². The number of benzene rings is 2. The molecule has 2 aliphatic rings. The number of hydrogen-bond acceptors (Lipinski definition) is 6. The molecule has 0 unspecified atom stereocenters. The first-order valence-electron chi connectivity index (χ1n) is 11.6. The number of sulfonamides is 1. The fourth-order valence-electron chi connectivity index (χ4n) is 4.38. The van der Waals surface area contributed by atoms with Gasteiger partial charge >= 0.3 is 7.12 Å². The standard InChI is InChI=1S/C24H30BN3O5S/c1-6-18-14-28(34(29,30)21-10-8-7-9-20(21)31-18)13-16-11-17(12-19-22(16)27-15-26-19)25-32-23(2,3)24(4,5)33-25/h7-12,15,18H,6,13-14H2,1-5H3,(H,26,27)/t18-/m1/s1. The van der Waals surface area contributed by atoms with Crippen LogP contribution in [0.25, 0.3) is 11.0 Å². The van der Waals surface area contributed by atoms with Crippen molar-refractivity contribution in [3.05, 3.63) is 48.3 Å². The summed E-state index contributed by atoms with van der Waals surface area (Å²) >= 11 is 0. The third kappa shape index (κ3) is 3.82. The van der Waals surface area contributed by atoms with Crippen molar-refractivity contribution in [1.82, 2.24) is 14.3 Å². The van der Waals surface area contributed by atoms with Crippen LogP contribution in [0.15, 0.2) is 47.6 Å². The minimum Gasteiger partial charge on any atom is -0.488 e. The average Bonchev–Trinajstić information content (AvgIpc) is 3.31. The highest BCUT2D eigenvalue weighted by molar-refractivity contribution is 7.89. The quantitative estimate of drug-likeness (QED) is 0.573. The van der Waals surface area contributed by atoms with E-state index in [1.54, 1.807) is 30.6 Å². The summed E-state index contributed by atoms with van der Waals surface area (Å²) in [4.78, 5) is 7.82. The number of fused-ring (bicyclic) bond motifs is 2. The van der Waals surface area contributed by atoms with Gasteiger partial charge in [-0.15, -0.1) is 0 Å². The van der Waals surface area contributed by atoms with Crippen molar-refractivity contribution in [1.29, 1.82) is 0 Å². The Morgan fingerprint density at radius 2 is 1.85 bits per heavy atom.